The van der Waals surface area contributed by atoms with Crippen molar-refractivity contribution in [2.75, 3.05) is 0 Å². The van der Waals surface area contributed by atoms with Gasteiger partial charge in [0.25, 0.3) is 0 Å². The normalized spacial score (nSPS) is 12.9. The van der Waals surface area contributed by atoms with Crippen molar-refractivity contribution in [2.24, 2.45) is 5.73 Å². The first-order chi connectivity index (χ1) is 5.11. The molecule has 0 aliphatic carbocycles. The summed E-state index contributed by atoms with van der Waals surface area (Å²) in [7, 11) is 0. The van der Waals surface area contributed by atoms with Crippen molar-refractivity contribution in [3.63, 3.8) is 0 Å². The molecule has 0 aliphatic heterocycles. The van der Waals surface area contributed by atoms with Crippen molar-refractivity contribution in [3.8, 4) is 0 Å². The number of nitrogens with two attached hydrogens (primary N) is 1. The fourth-order valence-corrected chi connectivity index (χ4v) is 0.618. The van der Waals surface area contributed by atoms with Gasteiger partial charge in [0.1, 0.15) is 0 Å². The molecule has 0 spiro atoms. The third-order valence-electron chi connectivity index (χ3n) is 1.36. The molecule has 5 heteroatoms. The van der Waals surface area contributed by atoms with Gasteiger partial charge in [0, 0.05) is 6.92 Å². The van der Waals surface area contributed by atoms with E-state index in [-0.39, 0.29) is 0 Å². The largest absolute Gasteiger partial charge is 0.369 e. The number of carbonyl (C=O) groups is 1. The summed E-state index contributed by atoms with van der Waals surface area (Å²) in [5, 5.41) is 3.55. The zero-order valence-corrected chi connectivity index (χ0v) is 6.37. The fourth-order valence-electron chi connectivity index (χ4n) is 0.618. The molecule has 1 aromatic heterocycles. The number of carbonyl (C=O) groups excluding carboxylic acids is 1. The molecule has 2 N–H and O–H groups in total. The number of primary amides is 1. The fraction of sp³-hybridized carbons (Fsp3) is 0.500. The zero-order valence-electron chi connectivity index (χ0n) is 6.37. The van der Waals surface area contributed by atoms with Crippen LogP contribution in [0.2, 0.25) is 0 Å². The molecule has 0 saturated carbocycles. The molecule has 0 aliphatic rings. The maximum atomic E-state index is 10.6. The molecule has 0 aromatic carbocycles. The van der Waals surface area contributed by atoms with Crippen LogP contribution in [-0.2, 0) is 4.79 Å². The predicted octanol–water partition coefficient (Wildman–Crippen LogP) is -0.0332. The average molecular weight is 155 g/mol. The van der Waals surface area contributed by atoms with Crippen LogP contribution in [0.1, 0.15) is 24.6 Å². The van der Waals surface area contributed by atoms with Crippen LogP contribution >= 0.6 is 0 Å². The van der Waals surface area contributed by atoms with E-state index in [0.29, 0.717) is 11.7 Å². The summed E-state index contributed by atoms with van der Waals surface area (Å²) < 4.78 is 4.67. The standard InChI is InChI=1S/C6H9N3O2/c1-3(5(7)10)6-8-4(2)11-9-6/h3H,1-2H3,(H2,7,10). The molecule has 5 nitrogen and oxygen atoms in total. The summed E-state index contributed by atoms with van der Waals surface area (Å²) in [4.78, 5) is 14.5. The van der Waals surface area contributed by atoms with Crippen molar-refractivity contribution in [3.05, 3.63) is 11.7 Å². The van der Waals surface area contributed by atoms with E-state index in [4.69, 9.17) is 5.73 Å². The topological polar surface area (TPSA) is 82.0 Å². The van der Waals surface area contributed by atoms with Crippen LogP contribution in [0.3, 0.4) is 0 Å². The number of nitrogens with zero attached hydrogens (tertiary/aromatic N) is 2. The lowest BCUT2D eigenvalue weighted by atomic mass is 10.1. The van der Waals surface area contributed by atoms with E-state index in [2.05, 4.69) is 14.7 Å². The van der Waals surface area contributed by atoms with Crippen molar-refractivity contribution >= 4 is 5.91 Å². The molecule has 1 atom stereocenters. The van der Waals surface area contributed by atoms with E-state index in [9.17, 15) is 4.79 Å². The van der Waals surface area contributed by atoms with Gasteiger partial charge in [-0.05, 0) is 6.92 Å². The van der Waals surface area contributed by atoms with Gasteiger partial charge in [0.2, 0.25) is 11.8 Å². The number of rotatable bonds is 2. The molecule has 1 aromatic rings. The van der Waals surface area contributed by atoms with Crippen LogP contribution in [0.4, 0.5) is 0 Å². The minimum atomic E-state index is -0.479. The Hall–Kier alpha value is -1.39. The Kier molecular flexibility index (Phi) is 1.89. The third kappa shape index (κ3) is 1.54. The smallest absolute Gasteiger partial charge is 0.228 e. The Bertz CT molecular complexity index is 269. The highest BCUT2D eigenvalue weighted by molar-refractivity contribution is 5.80. The van der Waals surface area contributed by atoms with E-state index >= 15 is 0 Å². The number of amides is 1. The summed E-state index contributed by atoms with van der Waals surface area (Å²) >= 11 is 0. The van der Waals surface area contributed by atoms with Crippen LogP contribution < -0.4 is 5.73 Å². The summed E-state index contributed by atoms with van der Waals surface area (Å²) in [6.07, 6.45) is 0. The Morgan fingerprint density at radius 1 is 1.73 bits per heavy atom. The second-order valence-electron chi connectivity index (χ2n) is 2.30. The Morgan fingerprint density at radius 3 is 2.73 bits per heavy atom. The number of aryl methyl sites for hydroxylation is 1. The van der Waals surface area contributed by atoms with Gasteiger partial charge >= 0.3 is 0 Å². The zero-order chi connectivity index (χ0) is 8.43. The van der Waals surface area contributed by atoms with Crippen molar-refractivity contribution < 1.29 is 9.32 Å². The Labute approximate surface area is 63.6 Å². The lowest BCUT2D eigenvalue weighted by Gasteiger charge is -1.97. The van der Waals surface area contributed by atoms with Crippen molar-refractivity contribution in [2.45, 2.75) is 19.8 Å². The van der Waals surface area contributed by atoms with Crippen LogP contribution in [0.5, 0.6) is 0 Å². The first kappa shape index (κ1) is 7.71. The second-order valence-corrected chi connectivity index (χ2v) is 2.30. The van der Waals surface area contributed by atoms with Crippen LogP contribution in [0, 0.1) is 6.92 Å². The summed E-state index contributed by atoms with van der Waals surface area (Å²) in [6, 6.07) is 0. The van der Waals surface area contributed by atoms with Crippen LogP contribution in [0.25, 0.3) is 0 Å². The quantitative estimate of drug-likeness (QED) is 0.650. The van der Waals surface area contributed by atoms with Gasteiger partial charge in [-0.3, -0.25) is 4.79 Å². The van der Waals surface area contributed by atoms with Gasteiger partial charge in [-0.25, -0.2) is 0 Å². The molecule has 0 bridgehead atoms. The van der Waals surface area contributed by atoms with Gasteiger partial charge in [0.15, 0.2) is 5.82 Å². The Balaban J connectivity index is 2.84. The van der Waals surface area contributed by atoms with Gasteiger partial charge in [-0.1, -0.05) is 5.16 Å². The molecular weight excluding hydrogens is 146 g/mol. The SMILES string of the molecule is Cc1nc(C(C)C(N)=O)no1. The Morgan fingerprint density at radius 2 is 2.36 bits per heavy atom. The van der Waals surface area contributed by atoms with E-state index < -0.39 is 11.8 Å². The molecule has 0 fully saturated rings. The highest BCUT2D eigenvalue weighted by Crippen LogP contribution is 2.09. The maximum Gasteiger partial charge on any atom is 0.228 e. The van der Waals surface area contributed by atoms with Gasteiger partial charge < -0.3 is 10.3 Å². The number of hydrogen-bond acceptors (Lipinski definition) is 4. The average Bonchev–Trinajstić information content (AvgIpc) is 2.34. The minimum absolute atomic E-state index is 0.343. The molecule has 1 amide bonds. The molecule has 1 unspecified atom stereocenters. The highest BCUT2D eigenvalue weighted by atomic mass is 16.5. The molecule has 0 saturated heterocycles. The first-order valence-corrected chi connectivity index (χ1v) is 3.21. The lowest BCUT2D eigenvalue weighted by Crippen LogP contribution is -2.19. The molecule has 1 heterocycles. The van der Waals surface area contributed by atoms with E-state index in [0.717, 1.165) is 0 Å². The first-order valence-electron chi connectivity index (χ1n) is 3.21. The third-order valence-corrected chi connectivity index (χ3v) is 1.36. The van der Waals surface area contributed by atoms with Crippen molar-refractivity contribution in [1.82, 2.24) is 10.1 Å². The lowest BCUT2D eigenvalue weighted by molar-refractivity contribution is -0.119. The molecule has 0 radical (unpaired) electrons. The number of aromatic nitrogens is 2. The predicted molar refractivity (Wildman–Crippen MR) is 36.6 cm³/mol. The minimum Gasteiger partial charge on any atom is -0.369 e. The monoisotopic (exact) mass is 155 g/mol. The van der Waals surface area contributed by atoms with Gasteiger partial charge in [-0.15, -0.1) is 0 Å². The second kappa shape index (κ2) is 2.69. The van der Waals surface area contributed by atoms with Gasteiger partial charge in [-0.2, -0.15) is 4.98 Å². The molecule has 60 valence electrons. The maximum absolute atomic E-state index is 10.6. The van der Waals surface area contributed by atoms with Gasteiger partial charge in [0.05, 0.1) is 5.92 Å². The van der Waals surface area contributed by atoms with E-state index in [1.165, 1.54) is 0 Å². The van der Waals surface area contributed by atoms with Crippen LogP contribution in [0.15, 0.2) is 4.52 Å². The van der Waals surface area contributed by atoms with E-state index in [1.54, 1.807) is 13.8 Å². The van der Waals surface area contributed by atoms with Crippen molar-refractivity contribution in [1.29, 1.82) is 0 Å². The van der Waals surface area contributed by atoms with E-state index in [1.807, 2.05) is 0 Å². The molecule has 1 rings (SSSR count). The number of hydrogen-bond donors (Lipinski definition) is 1. The highest BCUT2D eigenvalue weighted by Gasteiger charge is 2.16. The summed E-state index contributed by atoms with van der Waals surface area (Å²) in [6.45, 7) is 3.29. The van der Waals surface area contributed by atoms with Crippen LogP contribution in [-0.4, -0.2) is 16.0 Å². The molecular formula is C6H9N3O2. The molecule has 11 heavy (non-hydrogen) atoms. The summed E-state index contributed by atoms with van der Waals surface area (Å²) in [5.41, 5.74) is 5.02. The summed E-state index contributed by atoms with van der Waals surface area (Å²) in [5.74, 6) is -0.152.